The third-order valence-corrected chi connectivity index (χ3v) is 23.6. The summed E-state index contributed by atoms with van der Waals surface area (Å²) in [5.74, 6) is 0. The van der Waals surface area contributed by atoms with Gasteiger partial charge in [0.2, 0.25) is 0 Å². The van der Waals surface area contributed by atoms with E-state index in [0.717, 1.165) is 0 Å². The number of fused-ring (bicyclic) bond motifs is 4. The molecule has 56 heavy (non-hydrogen) atoms. The second-order valence-electron chi connectivity index (χ2n) is 16.4. The van der Waals surface area contributed by atoms with Crippen LogP contribution in [-0.4, -0.2) is 7.63 Å². The van der Waals surface area contributed by atoms with Crippen LogP contribution in [0.25, 0.3) is 67.1 Å². The summed E-state index contributed by atoms with van der Waals surface area (Å²) in [5, 5.41) is 10.7. The van der Waals surface area contributed by atoms with Crippen LogP contribution in [-0.2, 0) is 14.0 Å². The van der Waals surface area contributed by atoms with Crippen molar-refractivity contribution in [3.63, 3.8) is 0 Å². The first-order valence-electron chi connectivity index (χ1n) is 19.2. The molecule has 0 bridgehead atoms. The Labute approximate surface area is 345 Å². The zero-order valence-electron chi connectivity index (χ0n) is 31.7. The van der Waals surface area contributed by atoms with Gasteiger partial charge in [0, 0.05) is 0 Å². The van der Waals surface area contributed by atoms with E-state index in [9.17, 15) is 0 Å². The predicted octanol–water partition coefficient (Wildman–Crippen LogP) is 14.4. The molecule has 4 heteroatoms. The SMILES string of the molecule is Cl.Cl.[CH3][Ti]([CH3])(=[SiH2])([CH]1C(c2ccccc2)=Cc2c(-c3cccc4ccccc34)cccc21)[CH]1C(c2ccccc2)=Cc2c(-c3cccc4ccccc34)cccc21. The van der Waals surface area contributed by atoms with Crippen molar-refractivity contribution < 1.29 is 14.0 Å². The van der Waals surface area contributed by atoms with Crippen LogP contribution in [0.4, 0.5) is 0 Å². The number of rotatable bonds is 6. The molecular formula is C52H44Cl2SiTi. The Hall–Kier alpha value is -4.73. The van der Waals surface area contributed by atoms with Gasteiger partial charge in [0.1, 0.15) is 0 Å². The van der Waals surface area contributed by atoms with Gasteiger partial charge < -0.3 is 0 Å². The Morgan fingerprint density at radius 1 is 0.375 bits per heavy atom. The number of benzene rings is 8. The first-order valence-corrected chi connectivity index (χ1v) is 28.1. The minimum atomic E-state index is -3.81. The molecule has 2 aliphatic carbocycles. The summed E-state index contributed by atoms with van der Waals surface area (Å²) in [4.78, 5) is 0. The molecule has 2 aliphatic rings. The summed E-state index contributed by atoms with van der Waals surface area (Å²) in [6, 6.07) is 68.0. The topological polar surface area (TPSA) is 0 Å². The van der Waals surface area contributed by atoms with E-state index >= 15 is 0 Å². The Morgan fingerprint density at radius 3 is 1.14 bits per heavy atom. The summed E-state index contributed by atoms with van der Waals surface area (Å²) in [6.45, 7) is 0. The van der Waals surface area contributed by atoms with E-state index in [-0.39, 0.29) is 24.8 Å². The molecular weight excluding hydrogens is 771 g/mol. The van der Waals surface area contributed by atoms with Gasteiger partial charge in [0.05, 0.1) is 0 Å². The second kappa shape index (κ2) is 14.6. The standard InChI is InChI=1S/2C25H17.2CH3.2ClH.H2Si.Ti/c2*1-2-8-18(9-3-1)21-16-20-12-7-15-24(25(20)17-21)23-14-6-11-19-10-4-5-13-22(19)23;;;;;;/h2*1-17H;2*1H3;2*1H;1H2;. The quantitative estimate of drug-likeness (QED) is 0.147. The second-order valence-corrected chi connectivity index (χ2v) is 36.6. The van der Waals surface area contributed by atoms with E-state index < -0.39 is 14.0 Å². The van der Waals surface area contributed by atoms with Gasteiger partial charge in [-0.3, -0.25) is 0 Å². The van der Waals surface area contributed by atoms with E-state index in [0.29, 0.717) is 8.45 Å². The number of hydrogen-bond acceptors (Lipinski definition) is 0. The summed E-state index contributed by atoms with van der Waals surface area (Å²) in [5.41, 5.74) is 16.6. The van der Waals surface area contributed by atoms with E-state index in [1.54, 1.807) is 0 Å². The van der Waals surface area contributed by atoms with Crippen LogP contribution in [0.5, 0.6) is 0 Å². The third-order valence-electron chi connectivity index (χ3n) is 12.4. The average Bonchev–Trinajstić information content (AvgIpc) is 3.83. The van der Waals surface area contributed by atoms with E-state index in [4.69, 9.17) is 0 Å². The molecule has 0 aromatic heterocycles. The van der Waals surface area contributed by atoms with Crippen LogP contribution < -0.4 is 0 Å². The average molecular weight is 816 g/mol. The summed E-state index contributed by atoms with van der Waals surface area (Å²) >= 11 is -3.81. The fourth-order valence-electron chi connectivity index (χ4n) is 10.2. The van der Waals surface area contributed by atoms with Gasteiger partial charge in [0.25, 0.3) is 0 Å². The van der Waals surface area contributed by atoms with Crippen molar-refractivity contribution in [2.24, 2.45) is 0 Å². The Kier molecular flexibility index (Phi) is 9.98. The maximum absolute atomic E-state index is 3.81. The molecule has 2 atom stereocenters. The predicted molar refractivity (Wildman–Crippen MR) is 248 cm³/mol. The van der Waals surface area contributed by atoms with Gasteiger partial charge in [-0.2, -0.15) is 0 Å². The summed E-state index contributed by atoms with van der Waals surface area (Å²) in [7, 11) is 2.41. The van der Waals surface area contributed by atoms with Crippen LogP contribution in [0.3, 0.4) is 0 Å². The maximum atomic E-state index is 2.75. The van der Waals surface area contributed by atoms with E-state index in [2.05, 4.69) is 212 Å². The first-order chi connectivity index (χ1) is 26.4. The molecule has 8 aromatic rings. The first kappa shape index (κ1) is 38.2. The Bertz CT molecular complexity index is 2720. The van der Waals surface area contributed by atoms with Crippen molar-refractivity contribution >= 4 is 77.3 Å². The van der Waals surface area contributed by atoms with Gasteiger partial charge in [-0.25, -0.2) is 0 Å². The molecule has 0 saturated heterocycles. The Morgan fingerprint density at radius 2 is 0.714 bits per heavy atom. The Balaban J connectivity index is 0.00000220. The molecule has 0 saturated carbocycles. The molecule has 0 fully saturated rings. The normalized spacial score (nSPS) is 16.0. The third kappa shape index (κ3) is 6.09. The van der Waals surface area contributed by atoms with Gasteiger partial charge in [-0.05, 0) is 0 Å². The molecule has 10 rings (SSSR count). The summed E-state index contributed by atoms with van der Waals surface area (Å²) < 4.78 is 0.605. The van der Waals surface area contributed by atoms with Crippen LogP contribution in [0.2, 0.25) is 10.5 Å². The van der Waals surface area contributed by atoms with Crippen molar-refractivity contribution in [1.82, 2.24) is 0 Å². The number of hydrogen-bond donors (Lipinski definition) is 0. The minimum absolute atomic E-state index is 0. The molecule has 0 amide bonds. The van der Waals surface area contributed by atoms with Gasteiger partial charge in [-0.1, -0.05) is 0 Å². The summed E-state index contributed by atoms with van der Waals surface area (Å²) in [6.07, 6.45) is 5.15. The van der Waals surface area contributed by atoms with E-state index in [1.807, 2.05) is 0 Å². The van der Waals surface area contributed by atoms with Gasteiger partial charge >= 0.3 is 323 Å². The molecule has 0 heterocycles. The van der Waals surface area contributed by atoms with E-state index in [1.165, 1.54) is 88.3 Å². The molecule has 0 aliphatic heterocycles. The molecule has 0 N–H and O–H groups in total. The molecule has 0 spiro atoms. The van der Waals surface area contributed by atoms with Gasteiger partial charge in [-0.15, -0.1) is 24.8 Å². The number of allylic oxidation sites excluding steroid dienone is 2. The molecule has 8 aromatic carbocycles. The number of halogens is 2. The molecule has 274 valence electrons. The van der Waals surface area contributed by atoms with Gasteiger partial charge in [0.15, 0.2) is 0 Å². The fraction of sp³-hybridized carbons (Fsp3) is 0.0769. The van der Waals surface area contributed by atoms with Crippen molar-refractivity contribution in [2.75, 3.05) is 0 Å². The van der Waals surface area contributed by atoms with Crippen LogP contribution in [0, 0.1) is 0 Å². The van der Waals surface area contributed by atoms with Crippen molar-refractivity contribution in [3.05, 3.63) is 215 Å². The van der Waals surface area contributed by atoms with Crippen LogP contribution >= 0.6 is 24.8 Å². The van der Waals surface area contributed by atoms with Crippen LogP contribution in [0.1, 0.15) is 41.8 Å². The fourth-order valence-corrected chi connectivity index (χ4v) is 22.3. The zero-order chi connectivity index (χ0) is 36.5. The van der Waals surface area contributed by atoms with Crippen molar-refractivity contribution in [2.45, 2.75) is 18.9 Å². The molecule has 0 nitrogen and oxygen atoms in total. The van der Waals surface area contributed by atoms with Crippen molar-refractivity contribution in [1.29, 1.82) is 0 Å². The van der Waals surface area contributed by atoms with Crippen LogP contribution in [0.15, 0.2) is 182 Å². The zero-order valence-corrected chi connectivity index (χ0v) is 36.3. The molecule has 2 unspecified atom stereocenters. The monoisotopic (exact) mass is 814 g/mol. The van der Waals surface area contributed by atoms with Crippen molar-refractivity contribution in [3.8, 4) is 22.3 Å². The molecule has 0 radical (unpaired) electrons.